The standard InChI is InChI=1S/C52H37N/c1-51(2)42-28-25-30(53-43-23-13-11-17-33(43)34-18-12-14-24-44(34)53)29-41(42)39-26-27-40-46-38-22-10-9-21-37(38)45-35-19-7-5-15-31(35)32-16-6-8-20-36(32)47(45)50(46)52(3,4)49(40)48(39)51/h5-29H,1-4H3. The van der Waals surface area contributed by atoms with Crippen LogP contribution in [0, 0.1) is 0 Å². The Labute approximate surface area is 308 Å². The topological polar surface area (TPSA) is 4.93 Å². The van der Waals surface area contributed by atoms with Crippen molar-refractivity contribution in [3.05, 3.63) is 174 Å². The Morgan fingerprint density at radius 2 is 0.830 bits per heavy atom. The first-order valence-corrected chi connectivity index (χ1v) is 19.0. The molecule has 1 heteroatoms. The number of nitrogens with zero attached hydrogens (tertiary/aromatic N) is 1. The molecule has 1 nitrogen and oxygen atoms in total. The Morgan fingerprint density at radius 1 is 0.358 bits per heavy atom. The normalized spacial score (nSPS) is 15.1. The molecular weight excluding hydrogens is 639 g/mol. The third kappa shape index (κ3) is 3.49. The van der Waals surface area contributed by atoms with Crippen molar-refractivity contribution in [3.63, 3.8) is 0 Å². The van der Waals surface area contributed by atoms with E-state index in [2.05, 4.69) is 184 Å². The molecule has 12 rings (SSSR count). The summed E-state index contributed by atoms with van der Waals surface area (Å²) in [5.74, 6) is 0. The number of rotatable bonds is 1. The zero-order valence-corrected chi connectivity index (χ0v) is 30.4. The van der Waals surface area contributed by atoms with Gasteiger partial charge in [-0.3, -0.25) is 0 Å². The predicted octanol–water partition coefficient (Wildman–Crippen LogP) is 14.0. The van der Waals surface area contributed by atoms with Crippen LogP contribution in [0.3, 0.4) is 0 Å². The van der Waals surface area contributed by atoms with Gasteiger partial charge in [0.05, 0.1) is 11.0 Å². The Morgan fingerprint density at radius 3 is 1.45 bits per heavy atom. The van der Waals surface area contributed by atoms with E-state index in [1.807, 2.05) is 0 Å². The van der Waals surface area contributed by atoms with E-state index in [4.69, 9.17) is 0 Å². The number of para-hydroxylation sites is 2. The monoisotopic (exact) mass is 675 g/mol. The van der Waals surface area contributed by atoms with Crippen LogP contribution in [0.1, 0.15) is 49.9 Å². The molecule has 2 aliphatic rings. The molecule has 250 valence electrons. The van der Waals surface area contributed by atoms with Crippen LogP contribution in [-0.4, -0.2) is 4.57 Å². The van der Waals surface area contributed by atoms with Crippen molar-refractivity contribution < 1.29 is 0 Å². The van der Waals surface area contributed by atoms with Gasteiger partial charge in [-0.2, -0.15) is 0 Å². The van der Waals surface area contributed by atoms with Crippen molar-refractivity contribution >= 4 is 64.9 Å². The summed E-state index contributed by atoms with van der Waals surface area (Å²) in [5, 5.41) is 13.4. The molecular formula is C52H37N. The zero-order valence-electron chi connectivity index (χ0n) is 30.4. The second-order valence-corrected chi connectivity index (χ2v) is 16.4. The molecule has 0 aliphatic heterocycles. The van der Waals surface area contributed by atoms with Gasteiger partial charge in [-0.1, -0.05) is 155 Å². The fourth-order valence-corrected chi connectivity index (χ4v) is 11.0. The number of hydrogen-bond donors (Lipinski definition) is 0. The van der Waals surface area contributed by atoms with Crippen LogP contribution in [-0.2, 0) is 10.8 Å². The van der Waals surface area contributed by atoms with Gasteiger partial charge in [0.25, 0.3) is 0 Å². The first-order chi connectivity index (χ1) is 25.9. The summed E-state index contributed by atoms with van der Waals surface area (Å²) in [5.41, 5.74) is 14.7. The minimum absolute atomic E-state index is 0.172. The molecule has 1 heterocycles. The molecule has 0 bridgehead atoms. The Kier molecular flexibility index (Phi) is 5.45. The van der Waals surface area contributed by atoms with Gasteiger partial charge in [-0.05, 0) is 112 Å². The lowest BCUT2D eigenvalue weighted by Crippen LogP contribution is -2.24. The van der Waals surface area contributed by atoms with E-state index >= 15 is 0 Å². The van der Waals surface area contributed by atoms with Gasteiger partial charge in [0.2, 0.25) is 0 Å². The summed E-state index contributed by atoms with van der Waals surface area (Å²) in [6, 6.07) is 57.1. The molecule has 0 saturated carbocycles. The number of benzene rings is 9. The summed E-state index contributed by atoms with van der Waals surface area (Å²) in [7, 11) is 0. The fraction of sp³-hybridized carbons (Fsp3) is 0.115. The summed E-state index contributed by atoms with van der Waals surface area (Å²) in [6.07, 6.45) is 0. The average Bonchev–Trinajstić information content (AvgIpc) is 3.74. The highest BCUT2D eigenvalue weighted by Crippen LogP contribution is 2.62. The zero-order chi connectivity index (χ0) is 35.4. The van der Waals surface area contributed by atoms with Gasteiger partial charge >= 0.3 is 0 Å². The molecule has 10 aromatic rings. The van der Waals surface area contributed by atoms with Gasteiger partial charge in [-0.25, -0.2) is 0 Å². The third-order valence-corrected chi connectivity index (χ3v) is 13.1. The maximum atomic E-state index is 2.50. The summed E-state index contributed by atoms with van der Waals surface area (Å²) < 4.78 is 2.46. The third-order valence-electron chi connectivity index (χ3n) is 13.1. The lowest BCUT2D eigenvalue weighted by atomic mass is 9.71. The molecule has 0 spiro atoms. The second-order valence-electron chi connectivity index (χ2n) is 16.4. The molecule has 2 aliphatic carbocycles. The first kappa shape index (κ1) is 29.4. The minimum Gasteiger partial charge on any atom is -0.309 e. The highest BCUT2D eigenvalue weighted by molar-refractivity contribution is 6.35. The predicted molar refractivity (Wildman–Crippen MR) is 226 cm³/mol. The van der Waals surface area contributed by atoms with Crippen LogP contribution in [0.2, 0.25) is 0 Å². The first-order valence-electron chi connectivity index (χ1n) is 19.0. The van der Waals surface area contributed by atoms with E-state index in [1.165, 1.54) is 115 Å². The second kappa shape index (κ2) is 9.82. The van der Waals surface area contributed by atoms with Crippen molar-refractivity contribution in [1.29, 1.82) is 0 Å². The van der Waals surface area contributed by atoms with Crippen molar-refractivity contribution in [2.75, 3.05) is 0 Å². The van der Waals surface area contributed by atoms with Crippen molar-refractivity contribution in [2.24, 2.45) is 0 Å². The number of aromatic nitrogens is 1. The van der Waals surface area contributed by atoms with Crippen LogP contribution in [0.25, 0.3) is 92.8 Å². The highest BCUT2D eigenvalue weighted by atomic mass is 15.0. The number of fused-ring (bicyclic) bond motifs is 20. The van der Waals surface area contributed by atoms with Crippen LogP contribution >= 0.6 is 0 Å². The average molecular weight is 676 g/mol. The number of hydrogen-bond acceptors (Lipinski definition) is 0. The molecule has 0 fully saturated rings. The van der Waals surface area contributed by atoms with Crippen LogP contribution in [0.4, 0.5) is 0 Å². The minimum atomic E-state index is -0.238. The SMILES string of the molecule is CC1(C)c2ccc(-n3c4ccccc4c4ccccc43)cc2-c2ccc3c(c21)C(C)(C)c1c-3c2ccccc2c2c3ccccc3c3ccccc3c12. The van der Waals surface area contributed by atoms with Crippen LogP contribution in [0.15, 0.2) is 152 Å². The van der Waals surface area contributed by atoms with Gasteiger partial charge < -0.3 is 4.57 Å². The van der Waals surface area contributed by atoms with Crippen LogP contribution < -0.4 is 0 Å². The molecule has 9 aromatic carbocycles. The van der Waals surface area contributed by atoms with Gasteiger partial charge in [0.1, 0.15) is 0 Å². The van der Waals surface area contributed by atoms with Gasteiger partial charge in [0.15, 0.2) is 0 Å². The smallest absolute Gasteiger partial charge is 0.0541 e. The largest absolute Gasteiger partial charge is 0.309 e. The molecule has 0 atom stereocenters. The Balaban J connectivity index is 1.18. The van der Waals surface area contributed by atoms with E-state index in [-0.39, 0.29) is 10.8 Å². The summed E-state index contributed by atoms with van der Waals surface area (Å²) >= 11 is 0. The maximum absolute atomic E-state index is 2.50. The molecule has 0 radical (unpaired) electrons. The Bertz CT molecular complexity index is 3220. The van der Waals surface area contributed by atoms with E-state index in [1.54, 1.807) is 0 Å². The summed E-state index contributed by atoms with van der Waals surface area (Å²) in [4.78, 5) is 0. The molecule has 1 aromatic heterocycles. The molecule has 0 N–H and O–H groups in total. The lowest BCUT2D eigenvalue weighted by Gasteiger charge is -2.31. The quantitative estimate of drug-likeness (QED) is 0.153. The van der Waals surface area contributed by atoms with Gasteiger partial charge in [0, 0.05) is 27.3 Å². The maximum Gasteiger partial charge on any atom is 0.0541 e. The van der Waals surface area contributed by atoms with Crippen molar-refractivity contribution in [2.45, 2.75) is 38.5 Å². The van der Waals surface area contributed by atoms with Gasteiger partial charge in [-0.15, -0.1) is 0 Å². The molecule has 53 heavy (non-hydrogen) atoms. The van der Waals surface area contributed by atoms with E-state index in [9.17, 15) is 0 Å². The highest BCUT2D eigenvalue weighted by Gasteiger charge is 2.47. The van der Waals surface area contributed by atoms with Crippen molar-refractivity contribution in [3.8, 4) is 27.9 Å². The van der Waals surface area contributed by atoms with E-state index in [0.717, 1.165) is 0 Å². The van der Waals surface area contributed by atoms with Crippen molar-refractivity contribution in [1.82, 2.24) is 4.57 Å². The van der Waals surface area contributed by atoms with E-state index < -0.39 is 0 Å². The Hall–Kier alpha value is -6.18. The molecule has 0 unspecified atom stereocenters. The lowest BCUT2D eigenvalue weighted by molar-refractivity contribution is 0.604. The van der Waals surface area contributed by atoms with Crippen LogP contribution in [0.5, 0.6) is 0 Å². The molecule has 0 saturated heterocycles. The summed E-state index contributed by atoms with van der Waals surface area (Å²) in [6.45, 7) is 9.91. The van der Waals surface area contributed by atoms with E-state index in [0.29, 0.717) is 0 Å². The molecule has 0 amide bonds. The fourth-order valence-electron chi connectivity index (χ4n) is 11.0.